The van der Waals surface area contributed by atoms with Gasteiger partial charge in [-0.2, -0.15) is 0 Å². The van der Waals surface area contributed by atoms with Gasteiger partial charge < -0.3 is 24.6 Å². The van der Waals surface area contributed by atoms with Crippen molar-refractivity contribution in [3.8, 4) is 5.88 Å². The number of amides is 1. The molecule has 0 saturated carbocycles. The lowest BCUT2D eigenvalue weighted by molar-refractivity contribution is -0.138. The quantitative estimate of drug-likeness (QED) is 0.369. The number of halogens is 2. The van der Waals surface area contributed by atoms with Gasteiger partial charge in [0.15, 0.2) is 5.82 Å². The number of rotatable bonds is 8. The third-order valence-corrected chi connectivity index (χ3v) is 8.18. The van der Waals surface area contributed by atoms with Crippen LogP contribution in [0.1, 0.15) is 51.8 Å². The summed E-state index contributed by atoms with van der Waals surface area (Å²) in [6, 6.07) is 6.43. The third kappa shape index (κ3) is 5.13. The van der Waals surface area contributed by atoms with E-state index < -0.39 is 17.8 Å². The van der Waals surface area contributed by atoms with Crippen LogP contribution in [-0.2, 0) is 30.6 Å². The van der Waals surface area contributed by atoms with Gasteiger partial charge >= 0.3 is 5.97 Å². The summed E-state index contributed by atoms with van der Waals surface area (Å²) in [4.78, 5) is 35.5. The molecule has 0 saturated heterocycles. The predicted octanol–water partition coefficient (Wildman–Crippen LogP) is 3.85. The minimum atomic E-state index is -1.09. The number of carbonyl (C=O) groups is 2. The minimum absolute atomic E-state index is 0.180. The summed E-state index contributed by atoms with van der Waals surface area (Å²) >= 11 is 2.27. The van der Waals surface area contributed by atoms with Gasteiger partial charge in [0.05, 0.1) is 23.3 Å². The van der Waals surface area contributed by atoms with Gasteiger partial charge in [0.2, 0.25) is 5.88 Å². The van der Waals surface area contributed by atoms with E-state index in [0.29, 0.717) is 24.3 Å². The van der Waals surface area contributed by atoms with Crippen LogP contribution in [0.4, 0.5) is 10.2 Å². The number of anilines is 1. The number of nitrogens with zero attached hydrogens (tertiary/aromatic N) is 4. The molecule has 1 amide bonds. The molecule has 5 rings (SSSR count). The van der Waals surface area contributed by atoms with Crippen molar-refractivity contribution in [1.82, 2.24) is 19.4 Å². The molecule has 2 N–H and O–H groups in total. The van der Waals surface area contributed by atoms with Crippen LogP contribution >= 0.6 is 22.6 Å². The summed E-state index contributed by atoms with van der Waals surface area (Å²) in [6.45, 7) is 1.76. The molecule has 0 fully saturated rings. The first-order chi connectivity index (χ1) is 17.9. The fourth-order valence-electron chi connectivity index (χ4n) is 5.02. The fraction of sp³-hybridized carbons (Fsp3) is 0.385. The van der Waals surface area contributed by atoms with Crippen molar-refractivity contribution >= 4 is 40.3 Å². The number of carboxylic acid groups (broad SMARTS) is 1. The number of hydrogen-bond acceptors (Lipinski definition) is 6. The number of aromatic nitrogens is 3. The Hall–Kier alpha value is -3.22. The lowest BCUT2D eigenvalue weighted by Gasteiger charge is -2.35. The maximum absolute atomic E-state index is 14.4. The Morgan fingerprint density at radius 2 is 2.14 bits per heavy atom. The Morgan fingerprint density at radius 1 is 1.30 bits per heavy atom. The highest BCUT2D eigenvalue weighted by molar-refractivity contribution is 14.1. The Balaban J connectivity index is 1.37. The zero-order valence-electron chi connectivity index (χ0n) is 20.3. The highest BCUT2D eigenvalue weighted by Crippen LogP contribution is 2.32. The lowest BCUT2D eigenvalue weighted by Crippen LogP contribution is -2.43. The van der Waals surface area contributed by atoms with E-state index >= 15 is 0 Å². The van der Waals surface area contributed by atoms with Crippen molar-refractivity contribution in [2.45, 2.75) is 44.7 Å². The van der Waals surface area contributed by atoms with Crippen molar-refractivity contribution in [2.24, 2.45) is 0 Å². The third-order valence-electron chi connectivity index (χ3n) is 6.90. The lowest BCUT2D eigenvalue weighted by atomic mass is 10.0. The van der Waals surface area contributed by atoms with Crippen LogP contribution in [0.3, 0.4) is 0 Å². The first kappa shape index (κ1) is 25.4. The van der Waals surface area contributed by atoms with Crippen molar-refractivity contribution in [1.29, 1.82) is 0 Å². The average molecular weight is 619 g/mol. The molecule has 5 heterocycles. The Labute approximate surface area is 227 Å². The molecule has 2 aliphatic rings. The van der Waals surface area contributed by atoms with E-state index in [2.05, 4.69) is 45.0 Å². The number of ether oxygens (including phenoxy) is 1. The summed E-state index contributed by atoms with van der Waals surface area (Å²) in [6.07, 6.45) is 4.63. The second-order valence-electron chi connectivity index (χ2n) is 9.21. The molecule has 37 heavy (non-hydrogen) atoms. The van der Waals surface area contributed by atoms with Crippen LogP contribution in [-0.4, -0.2) is 56.6 Å². The molecule has 0 aliphatic carbocycles. The van der Waals surface area contributed by atoms with Crippen LogP contribution in [0.25, 0.3) is 0 Å². The molecule has 194 valence electrons. The normalized spacial score (nSPS) is 15.5. The van der Waals surface area contributed by atoms with Gasteiger partial charge in [-0.05, 0) is 83.2 Å². The van der Waals surface area contributed by atoms with Crippen LogP contribution < -0.4 is 10.1 Å². The Morgan fingerprint density at radius 3 is 2.89 bits per heavy atom. The Bertz CT molecular complexity index is 1360. The molecule has 0 aromatic carbocycles. The number of aryl methyl sites for hydroxylation is 3. The number of aliphatic carboxylic acids is 1. The molecule has 0 radical (unpaired) electrons. The highest BCUT2D eigenvalue weighted by atomic mass is 127. The van der Waals surface area contributed by atoms with E-state index in [9.17, 15) is 19.1 Å². The van der Waals surface area contributed by atoms with E-state index in [1.807, 2.05) is 10.6 Å². The first-order valence-electron chi connectivity index (χ1n) is 12.2. The second kappa shape index (κ2) is 10.6. The molecular formula is C26H27FIN5O4. The number of nitrogens with one attached hydrogen (secondary N) is 1. The van der Waals surface area contributed by atoms with Gasteiger partial charge in [0, 0.05) is 31.5 Å². The molecule has 9 nitrogen and oxygen atoms in total. The number of carbonyl (C=O) groups excluding carboxylic acids is 1. The standard InChI is InChI=1S/C26H27FIN5O4/c1-37-25-19(27)11-17(14-30-25)20(13-22(34)35)33-10-9-32-21(26(33)36)12-16(23(32)28)5-7-18-6-4-15-3-2-8-29-24(15)31-18/h4,6,11-12,14,20H,2-3,5,7-10,13H2,1H3,(H,29,31)(H,34,35)/t20-/m0/s1. The molecule has 0 bridgehead atoms. The van der Waals surface area contributed by atoms with Crippen molar-refractivity contribution in [3.05, 3.63) is 68.1 Å². The zero-order valence-corrected chi connectivity index (χ0v) is 22.5. The van der Waals surface area contributed by atoms with Gasteiger partial charge in [-0.1, -0.05) is 6.07 Å². The van der Waals surface area contributed by atoms with E-state index in [-0.39, 0.29) is 18.2 Å². The summed E-state index contributed by atoms with van der Waals surface area (Å²) in [5, 5.41) is 12.9. The fourth-order valence-corrected chi connectivity index (χ4v) is 5.95. The van der Waals surface area contributed by atoms with Crippen molar-refractivity contribution < 1.29 is 23.8 Å². The minimum Gasteiger partial charge on any atom is -0.481 e. The SMILES string of the molecule is COc1ncc([C@H](CC(=O)O)N2CCn3c(cc(CCc4ccc5c(n4)NCCC5)c3I)C2=O)cc1F. The monoisotopic (exact) mass is 619 g/mol. The van der Waals surface area contributed by atoms with Crippen molar-refractivity contribution in [3.63, 3.8) is 0 Å². The molecule has 3 aromatic heterocycles. The summed E-state index contributed by atoms with van der Waals surface area (Å²) in [7, 11) is 1.31. The van der Waals surface area contributed by atoms with E-state index in [1.54, 1.807) is 0 Å². The zero-order chi connectivity index (χ0) is 26.1. The van der Waals surface area contributed by atoms with Gasteiger partial charge in [0.1, 0.15) is 11.5 Å². The molecule has 1 atom stereocenters. The maximum atomic E-state index is 14.4. The number of methoxy groups -OCH3 is 1. The molecule has 3 aromatic rings. The molecule has 11 heteroatoms. The van der Waals surface area contributed by atoms with Crippen LogP contribution in [0.2, 0.25) is 0 Å². The average Bonchev–Trinajstić information content (AvgIpc) is 3.22. The number of hydrogen-bond donors (Lipinski definition) is 2. The summed E-state index contributed by atoms with van der Waals surface area (Å²) in [5.74, 6) is -1.29. The molecular weight excluding hydrogens is 592 g/mol. The van der Waals surface area contributed by atoms with Crippen molar-refractivity contribution in [2.75, 3.05) is 25.5 Å². The van der Waals surface area contributed by atoms with E-state index in [4.69, 9.17) is 9.72 Å². The van der Waals surface area contributed by atoms with E-state index in [1.165, 1.54) is 29.8 Å². The van der Waals surface area contributed by atoms with E-state index in [0.717, 1.165) is 53.0 Å². The predicted molar refractivity (Wildman–Crippen MR) is 142 cm³/mol. The number of pyridine rings is 2. The van der Waals surface area contributed by atoms with Crippen LogP contribution in [0.5, 0.6) is 5.88 Å². The molecule has 0 unspecified atom stereocenters. The van der Waals surface area contributed by atoms with Gasteiger partial charge in [0.25, 0.3) is 5.91 Å². The first-order valence-corrected chi connectivity index (χ1v) is 13.3. The summed E-state index contributed by atoms with van der Waals surface area (Å²) in [5.41, 5.74) is 4.11. The smallest absolute Gasteiger partial charge is 0.305 e. The van der Waals surface area contributed by atoms with Gasteiger partial charge in [-0.15, -0.1) is 0 Å². The summed E-state index contributed by atoms with van der Waals surface area (Å²) < 4.78 is 22.2. The topological polar surface area (TPSA) is 110 Å². The van der Waals surface area contributed by atoms with Crippen LogP contribution in [0.15, 0.2) is 30.5 Å². The number of carboxylic acids is 1. The maximum Gasteiger partial charge on any atom is 0.305 e. The molecule has 0 spiro atoms. The molecule has 2 aliphatic heterocycles. The Kier molecular flexibility index (Phi) is 7.31. The second-order valence-corrected chi connectivity index (χ2v) is 10.2. The highest BCUT2D eigenvalue weighted by Gasteiger charge is 2.34. The van der Waals surface area contributed by atoms with Gasteiger partial charge in [-0.3, -0.25) is 9.59 Å². The largest absolute Gasteiger partial charge is 0.481 e. The number of fused-ring (bicyclic) bond motifs is 2. The van der Waals surface area contributed by atoms with Crippen LogP contribution in [0, 0.1) is 9.52 Å². The van der Waals surface area contributed by atoms with Gasteiger partial charge in [-0.25, -0.2) is 14.4 Å².